The van der Waals surface area contributed by atoms with Crippen LogP contribution in [-0.4, -0.2) is 35.2 Å². The SMILES string of the molecule is O=C(O)O.[LiH].[O]=[Mo]. The Morgan fingerprint density at radius 2 is 1.29 bits per heavy atom. The Morgan fingerprint density at radius 1 is 1.29 bits per heavy atom. The van der Waals surface area contributed by atoms with Gasteiger partial charge in [-0.25, -0.2) is 4.79 Å². The molecule has 0 fully saturated rings. The molecule has 0 rings (SSSR count). The summed E-state index contributed by atoms with van der Waals surface area (Å²) in [6.45, 7) is 0. The number of hydrogen-bond donors (Lipinski definition) is 2. The monoisotopic (exact) mass is 184 g/mol. The van der Waals surface area contributed by atoms with Crippen LogP contribution in [0, 0.1) is 0 Å². The van der Waals surface area contributed by atoms with Crippen LogP contribution in [0.15, 0.2) is 0 Å². The molecule has 0 aromatic rings. The first kappa shape index (κ1) is 15.7. The molecule has 0 unspecified atom stereocenters. The fraction of sp³-hybridized carbons (Fsp3) is 0. The van der Waals surface area contributed by atoms with Crippen molar-refractivity contribution < 1.29 is 38.2 Å². The summed E-state index contributed by atoms with van der Waals surface area (Å²) in [5.74, 6) is 0. The molecular weight excluding hydrogens is 179 g/mol. The van der Waals surface area contributed by atoms with Gasteiger partial charge in [-0.3, -0.25) is 0 Å². The Kier molecular flexibility index (Phi) is 36.2. The van der Waals surface area contributed by atoms with Crippen molar-refractivity contribution in [2.24, 2.45) is 0 Å². The summed E-state index contributed by atoms with van der Waals surface area (Å²) >= 11 is 0.700. The fourth-order valence-electron chi connectivity index (χ4n) is 0. The average molecular weight is 182 g/mol. The molecule has 2 N–H and O–H groups in total. The Morgan fingerprint density at radius 3 is 1.29 bits per heavy atom. The van der Waals surface area contributed by atoms with Gasteiger partial charge in [0.15, 0.2) is 0 Å². The van der Waals surface area contributed by atoms with Gasteiger partial charge in [0.05, 0.1) is 0 Å². The third-order valence-corrected chi connectivity index (χ3v) is 0. The predicted octanol–water partition coefficient (Wildman–Crippen LogP) is -0.547. The van der Waals surface area contributed by atoms with E-state index in [9.17, 15) is 0 Å². The first-order valence-corrected chi connectivity index (χ1v) is 1.64. The van der Waals surface area contributed by atoms with E-state index < -0.39 is 6.16 Å². The van der Waals surface area contributed by atoms with E-state index in [1.165, 1.54) is 0 Å². The predicted molar refractivity (Wildman–Crippen MR) is 18.5 cm³/mol. The molecule has 7 heavy (non-hydrogen) atoms. The average Bonchev–Trinajstić information content (AvgIpc) is 1.41. The van der Waals surface area contributed by atoms with Gasteiger partial charge in [0.1, 0.15) is 0 Å². The minimum absolute atomic E-state index is 0. The normalized spacial score (nSPS) is 4.00. The number of rotatable bonds is 0. The quantitative estimate of drug-likeness (QED) is 0.493. The van der Waals surface area contributed by atoms with Crippen LogP contribution in [0.5, 0.6) is 0 Å². The molecule has 0 atom stereocenters. The second kappa shape index (κ2) is 16.2. The van der Waals surface area contributed by atoms with Gasteiger partial charge in [-0.05, 0) is 0 Å². The molecule has 0 spiro atoms. The third-order valence-electron chi connectivity index (χ3n) is 0. The summed E-state index contributed by atoms with van der Waals surface area (Å²) in [5.41, 5.74) is 0. The summed E-state index contributed by atoms with van der Waals surface area (Å²) in [6.07, 6.45) is -1.83. The molecule has 0 heterocycles. The van der Waals surface area contributed by atoms with Crippen LogP contribution >= 0.6 is 0 Å². The summed E-state index contributed by atoms with van der Waals surface area (Å²) < 4.78 is 8.26. The van der Waals surface area contributed by atoms with E-state index in [1.807, 2.05) is 0 Å². The summed E-state index contributed by atoms with van der Waals surface area (Å²) in [5, 5.41) is 13.9. The second-order valence-electron chi connectivity index (χ2n) is 0.283. The van der Waals surface area contributed by atoms with E-state index in [1.54, 1.807) is 0 Å². The molecule has 0 bridgehead atoms. The van der Waals surface area contributed by atoms with Crippen molar-refractivity contribution >= 4 is 25.0 Å². The van der Waals surface area contributed by atoms with E-state index in [0.29, 0.717) is 19.8 Å². The maximum absolute atomic E-state index is 8.56. The Labute approximate surface area is 63.3 Å². The number of carbonyl (C=O) groups is 1. The van der Waals surface area contributed by atoms with Gasteiger partial charge in [-0.1, -0.05) is 0 Å². The fourth-order valence-corrected chi connectivity index (χ4v) is 0. The zero-order valence-corrected chi connectivity index (χ0v) is 4.63. The first-order valence-electron chi connectivity index (χ1n) is 0.818. The van der Waals surface area contributed by atoms with Gasteiger partial charge in [-0.2, -0.15) is 0 Å². The van der Waals surface area contributed by atoms with Crippen molar-refractivity contribution in [2.45, 2.75) is 0 Å². The Bertz CT molecular complexity index is 43.0. The molecule has 0 aromatic carbocycles. The van der Waals surface area contributed by atoms with Gasteiger partial charge in [0.25, 0.3) is 0 Å². The van der Waals surface area contributed by atoms with Gasteiger partial charge >= 0.3 is 48.2 Å². The van der Waals surface area contributed by atoms with E-state index in [2.05, 4.69) is 0 Å². The number of hydrogen-bond acceptors (Lipinski definition) is 2. The van der Waals surface area contributed by atoms with Gasteiger partial charge < -0.3 is 10.2 Å². The summed E-state index contributed by atoms with van der Waals surface area (Å²) in [7, 11) is 0. The summed E-state index contributed by atoms with van der Waals surface area (Å²) in [6, 6.07) is 0. The molecule has 0 amide bonds. The van der Waals surface area contributed by atoms with E-state index >= 15 is 0 Å². The zero-order valence-electron chi connectivity index (χ0n) is 2.62. The van der Waals surface area contributed by atoms with Crippen LogP contribution in [0.3, 0.4) is 0 Å². The van der Waals surface area contributed by atoms with E-state index in [4.69, 9.17) is 18.4 Å². The van der Waals surface area contributed by atoms with Crippen molar-refractivity contribution in [3.8, 4) is 0 Å². The van der Waals surface area contributed by atoms with Crippen LogP contribution in [0.2, 0.25) is 0 Å². The van der Waals surface area contributed by atoms with Crippen molar-refractivity contribution in [1.29, 1.82) is 0 Å². The van der Waals surface area contributed by atoms with Crippen molar-refractivity contribution in [1.82, 2.24) is 0 Å². The zero-order chi connectivity index (χ0) is 5.58. The molecule has 38 valence electrons. The van der Waals surface area contributed by atoms with Crippen LogP contribution in [0.1, 0.15) is 0 Å². The number of carboxylic acid groups (broad SMARTS) is 2. The van der Waals surface area contributed by atoms with Crippen LogP contribution in [0.25, 0.3) is 0 Å². The van der Waals surface area contributed by atoms with Crippen LogP contribution in [0.4, 0.5) is 4.79 Å². The van der Waals surface area contributed by atoms with E-state index in [-0.39, 0.29) is 18.9 Å². The third kappa shape index (κ3) is 953. The standard InChI is InChI=1S/CH2O3.Li.Mo.O.H/c2-1(3)4;;;;/h(H2,2,3,4);;;;. The van der Waals surface area contributed by atoms with Crippen LogP contribution in [-0.2, 0) is 23.2 Å². The van der Waals surface area contributed by atoms with Crippen molar-refractivity contribution in [2.75, 3.05) is 0 Å². The summed E-state index contributed by atoms with van der Waals surface area (Å²) in [4.78, 5) is 8.56. The molecule has 0 saturated carbocycles. The van der Waals surface area contributed by atoms with Crippen molar-refractivity contribution in [3.05, 3.63) is 0 Å². The molecule has 0 aliphatic heterocycles. The molecule has 4 nitrogen and oxygen atoms in total. The Hall–Kier alpha value is 0.356. The Balaban J connectivity index is -0.0000000480. The molecule has 0 aromatic heterocycles. The molecular formula is CH3LiMoO4. The van der Waals surface area contributed by atoms with Gasteiger partial charge in [0, 0.05) is 0 Å². The molecule has 0 radical (unpaired) electrons. The molecule has 0 aliphatic rings. The molecule has 6 heteroatoms. The maximum atomic E-state index is 8.56. The topological polar surface area (TPSA) is 74.6 Å². The van der Waals surface area contributed by atoms with Gasteiger partial charge in [-0.15, -0.1) is 0 Å². The first-order chi connectivity index (χ1) is 2.73. The van der Waals surface area contributed by atoms with Gasteiger partial charge in [0.2, 0.25) is 0 Å². The van der Waals surface area contributed by atoms with Crippen molar-refractivity contribution in [3.63, 3.8) is 0 Å². The molecule has 0 saturated heterocycles. The second-order valence-corrected chi connectivity index (χ2v) is 0.283. The van der Waals surface area contributed by atoms with Crippen LogP contribution < -0.4 is 0 Å². The minimum atomic E-state index is -1.83. The van der Waals surface area contributed by atoms with E-state index in [0.717, 1.165) is 0 Å². The molecule has 0 aliphatic carbocycles.